The number of para-hydroxylation sites is 2. The van der Waals surface area contributed by atoms with Crippen molar-refractivity contribution in [3.8, 4) is 5.75 Å². The van der Waals surface area contributed by atoms with E-state index >= 15 is 0 Å². The molecule has 0 fully saturated rings. The fourth-order valence-corrected chi connectivity index (χ4v) is 2.99. The fraction of sp³-hybridized carbons (Fsp3) is 0.333. The molecule has 0 aromatic heterocycles. The number of carbonyl (C=O) groups is 2. The summed E-state index contributed by atoms with van der Waals surface area (Å²) in [5.74, 6) is 0.160. The van der Waals surface area contributed by atoms with E-state index < -0.39 is 6.10 Å². The van der Waals surface area contributed by atoms with E-state index in [-0.39, 0.29) is 18.4 Å². The van der Waals surface area contributed by atoms with E-state index in [9.17, 15) is 9.59 Å². The molecule has 6 heteroatoms. The number of anilines is 1. The van der Waals surface area contributed by atoms with Crippen LogP contribution in [0.1, 0.15) is 29.3 Å². The Morgan fingerprint density at radius 1 is 1.19 bits per heavy atom. The van der Waals surface area contributed by atoms with E-state index in [1.54, 1.807) is 30.2 Å². The van der Waals surface area contributed by atoms with E-state index in [1.165, 1.54) is 0 Å². The van der Waals surface area contributed by atoms with E-state index in [0.29, 0.717) is 30.2 Å². The first-order valence-electron chi connectivity index (χ1n) is 9.07. The molecule has 2 aromatic rings. The zero-order valence-corrected chi connectivity index (χ0v) is 15.6. The molecule has 2 aromatic carbocycles. The highest BCUT2D eigenvalue weighted by atomic mass is 16.5. The highest BCUT2D eigenvalue weighted by Crippen LogP contribution is 2.34. The number of nitrogens with one attached hydrogen (secondary N) is 1. The van der Waals surface area contributed by atoms with Crippen molar-refractivity contribution in [2.45, 2.75) is 26.1 Å². The van der Waals surface area contributed by atoms with Crippen LogP contribution in [-0.2, 0) is 16.1 Å². The molecule has 0 aliphatic carbocycles. The van der Waals surface area contributed by atoms with Gasteiger partial charge in [-0.15, -0.1) is 0 Å². The van der Waals surface area contributed by atoms with Crippen molar-refractivity contribution < 1.29 is 19.1 Å². The Morgan fingerprint density at radius 2 is 1.93 bits per heavy atom. The molecule has 0 saturated heterocycles. The summed E-state index contributed by atoms with van der Waals surface area (Å²) in [6.07, 6.45) is 0.106. The lowest BCUT2D eigenvalue weighted by Crippen LogP contribution is -2.50. The van der Waals surface area contributed by atoms with Crippen molar-refractivity contribution in [3.63, 3.8) is 0 Å². The molecule has 1 aliphatic heterocycles. The molecule has 1 atom stereocenters. The first-order chi connectivity index (χ1) is 13.1. The molecule has 27 heavy (non-hydrogen) atoms. The summed E-state index contributed by atoms with van der Waals surface area (Å²) in [7, 11) is 1.63. The summed E-state index contributed by atoms with van der Waals surface area (Å²) in [6, 6.07) is 14.6. The molecule has 6 nitrogen and oxygen atoms in total. The summed E-state index contributed by atoms with van der Waals surface area (Å²) in [5, 5.41) is 2.84. The van der Waals surface area contributed by atoms with Gasteiger partial charge in [-0.2, -0.15) is 0 Å². The van der Waals surface area contributed by atoms with E-state index in [1.807, 2.05) is 37.3 Å². The van der Waals surface area contributed by atoms with Crippen LogP contribution in [0, 0.1) is 0 Å². The minimum atomic E-state index is -0.733. The predicted molar refractivity (Wildman–Crippen MR) is 103 cm³/mol. The van der Waals surface area contributed by atoms with Crippen LogP contribution in [0.15, 0.2) is 48.5 Å². The third-order valence-electron chi connectivity index (χ3n) is 4.37. The Labute approximate surface area is 159 Å². The molecule has 0 unspecified atom stereocenters. The zero-order valence-electron chi connectivity index (χ0n) is 15.6. The summed E-state index contributed by atoms with van der Waals surface area (Å²) in [6.45, 7) is 3.23. The van der Waals surface area contributed by atoms with Crippen LogP contribution in [0.2, 0.25) is 0 Å². The Hall–Kier alpha value is -2.86. The van der Waals surface area contributed by atoms with Gasteiger partial charge < -0.3 is 19.7 Å². The van der Waals surface area contributed by atoms with Crippen molar-refractivity contribution >= 4 is 17.5 Å². The second-order valence-electron chi connectivity index (χ2n) is 6.41. The maximum atomic E-state index is 13.1. The van der Waals surface area contributed by atoms with Gasteiger partial charge in [-0.25, -0.2) is 0 Å². The van der Waals surface area contributed by atoms with Crippen LogP contribution in [0.4, 0.5) is 5.69 Å². The number of methoxy groups -OCH3 is 1. The zero-order chi connectivity index (χ0) is 19.2. The van der Waals surface area contributed by atoms with Crippen molar-refractivity contribution in [1.82, 2.24) is 5.32 Å². The SMILES string of the molecule is CCCNC(=O)[C@H]1CN(C(=O)c2ccc(COC)cc2)c2ccccc2O1. The lowest BCUT2D eigenvalue weighted by molar-refractivity contribution is -0.127. The smallest absolute Gasteiger partial charge is 0.262 e. The predicted octanol–water partition coefficient (Wildman–Crippen LogP) is 2.77. The Morgan fingerprint density at radius 3 is 2.63 bits per heavy atom. The maximum absolute atomic E-state index is 13.1. The van der Waals surface area contributed by atoms with Gasteiger partial charge in [0.2, 0.25) is 0 Å². The van der Waals surface area contributed by atoms with Gasteiger partial charge >= 0.3 is 0 Å². The number of benzene rings is 2. The highest BCUT2D eigenvalue weighted by molar-refractivity contribution is 6.07. The molecular weight excluding hydrogens is 344 g/mol. The minimum Gasteiger partial charge on any atom is -0.477 e. The molecule has 1 aliphatic rings. The number of rotatable bonds is 6. The van der Waals surface area contributed by atoms with Gasteiger partial charge in [-0.05, 0) is 36.2 Å². The highest BCUT2D eigenvalue weighted by Gasteiger charge is 2.33. The van der Waals surface area contributed by atoms with Gasteiger partial charge in [0.05, 0.1) is 18.8 Å². The molecule has 1 heterocycles. The van der Waals surface area contributed by atoms with Crippen LogP contribution in [0.5, 0.6) is 5.75 Å². The number of hydrogen-bond acceptors (Lipinski definition) is 4. The lowest BCUT2D eigenvalue weighted by Gasteiger charge is -2.34. The number of amides is 2. The van der Waals surface area contributed by atoms with E-state index in [4.69, 9.17) is 9.47 Å². The van der Waals surface area contributed by atoms with E-state index in [0.717, 1.165) is 12.0 Å². The molecule has 142 valence electrons. The lowest BCUT2D eigenvalue weighted by atomic mass is 10.1. The summed E-state index contributed by atoms with van der Waals surface area (Å²) in [5.41, 5.74) is 2.22. The number of nitrogens with zero attached hydrogens (tertiary/aromatic N) is 1. The molecule has 1 N–H and O–H groups in total. The fourth-order valence-electron chi connectivity index (χ4n) is 2.99. The van der Waals surface area contributed by atoms with Gasteiger partial charge in [0, 0.05) is 19.2 Å². The van der Waals surface area contributed by atoms with Gasteiger partial charge in [-0.3, -0.25) is 9.59 Å². The monoisotopic (exact) mass is 368 g/mol. The average molecular weight is 368 g/mol. The second kappa shape index (κ2) is 8.68. The number of ether oxygens (including phenoxy) is 2. The Bertz CT molecular complexity index is 804. The quantitative estimate of drug-likeness (QED) is 0.851. The number of carbonyl (C=O) groups excluding carboxylic acids is 2. The Balaban J connectivity index is 1.85. The van der Waals surface area contributed by atoms with Crippen LogP contribution in [0.3, 0.4) is 0 Å². The van der Waals surface area contributed by atoms with Gasteiger partial charge in [-0.1, -0.05) is 31.2 Å². The second-order valence-corrected chi connectivity index (χ2v) is 6.41. The van der Waals surface area contributed by atoms with E-state index in [2.05, 4.69) is 5.32 Å². The summed E-state index contributed by atoms with van der Waals surface area (Å²) < 4.78 is 10.9. The third-order valence-corrected chi connectivity index (χ3v) is 4.37. The first-order valence-corrected chi connectivity index (χ1v) is 9.07. The molecule has 2 amide bonds. The van der Waals surface area contributed by atoms with Crippen LogP contribution in [0.25, 0.3) is 0 Å². The van der Waals surface area contributed by atoms with Gasteiger partial charge in [0.25, 0.3) is 11.8 Å². The Kier molecular flexibility index (Phi) is 6.08. The maximum Gasteiger partial charge on any atom is 0.262 e. The van der Waals surface area contributed by atoms with Crippen LogP contribution in [-0.4, -0.2) is 38.1 Å². The van der Waals surface area contributed by atoms with Crippen molar-refractivity contribution in [1.29, 1.82) is 0 Å². The molecular formula is C21H24N2O4. The molecule has 0 radical (unpaired) electrons. The van der Waals surface area contributed by atoms with Gasteiger partial charge in [0.1, 0.15) is 5.75 Å². The molecule has 3 rings (SSSR count). The number of fused-ring (bicyclic) bond motifs is 1. The van der Waals surface area contributed by atoms with Crippen LogP contribution >= 0.6 is 0 Å². The number of hydrogen-bond donors (Lipinski definition) is 1. The van der Waals surface area contributed by atoms with Crippen LogP contribution < -0.4 is 15.0 Å². The van der Waals surface area contributed by atoms with Crippen molar-refractivity contribution in [3.05, 3.63) is 59.7 Å². The first kappa shape index (κ1) is 18.9. The van der Waals surface area contributed by atoms with Crippen molar-refractivity contribution in [2.75, 3.05) is 25.1 Å². The topological polar surface area (TPSA) is 67.9 Å². The summed E-state index contributed by atoms with van der Waals surface area (Å²) >= 11 is 0. The molecule has 0 saturated carbocycles. The van der Waals surface area contributed by atoms with Gasteiger partial charge in [0.15, 0.2) is 6.10 Å². The van der Waals surface area contributed by atoms with Crippen molar-refractivity contribution in [2.24, 2.45) is 0 Å². The minimum absolute atomic E-state index is 0.164. The third kappa shape index (κ3) is 4.28. The average Bonchev–Trinajstić information content (AvgIpc) is 2.71. The molecule has 0 bridgehead atoms. The normalized spacial score (nSPS) is 15.6. The standard InChI is InChI=1S/C21H24N2O4/c1-3-12-22-20(24)19-13-23(17-6-4-5-7-18(17)27-19)21(25)16-10-8-15(9-11-16)14-26-2/h4-11,19H,3,12-14H2,1-2H3,(H,22,24)/t19-/m1/s1. The summed E-state index contributed by atoms with van der Waals surface area (Å²) in [4.78, 5) is 27.1. The largest absolute Gasteiger partial charge is 0.477 e. The molecule has 0 spiro atoms.